The van der Waals surface area contributed by atoms with Crippen LogP contribution in [0.2, 0.25) is 0 Å². The molecule has 2 heterocycles. The summed E-state index contributed by atoms with van der Waals surface area (Å²) in [4.78, 5) is 29.5. The summed E-state index contributed by atoms with van der Waals surface area (Å²) in [5.41, 5.74) is 2.18. The lowest BCUT2D eigenvalue weighted by Gasteiger charge is -2.25. The molecule has 0 unspecified atom stereocenters. The molecule has 0 aliphatic carbocycles. The van der Waals surface area contributed by atoms with Crippen LogP contribution in [0.3, 0.4) is 0 Å². The molecular formula is C23H26N2O3. The molecule has 0 radical (unpaired) electrons. The quantitative estimate of drug-likeness (QED) is 0.793. The van der Waals surface area contributed by atoms with Gasteiger partial charge in [-0.05, 0) is 17.0 Å². The van der Waals surface area contributed by atoms with Crippen molar-refractivity contribution in [3.05, 3.63) is 71.8 Å². The average molecular weight is 378 g/mol. The van der Waals surface area contributed by atoms with Gasteiger partial charge in [0, 0.05) is 19.6 Å². The largest absolute Gasteiger partial charge is 0.446 e. The minimum absolute atomic E-state index is 0.0984. The predicted octanol–water partition coefficient (Wildman–Crippen LogP) is 3.86. The molecule has 2 aromatic rings. The van der Waals surface area contributed by atoms with E-state index in [1.807, 2.05) is 48.5 Å². The zero-order chi connectivity index (χ0) is 19.5. The summed E-state index contributed by atoms with van der Waals surface area (Å²) in [6.07, 6.45) is 0.399. The topological polar surface area (TPSA) is 49.9 Å². The van der Waals surface area contributed by atoms with Gasteiger partial charge in [-0.15, -0.1) is 0 Å². The summed E-state index contributed by atoms with van der Waals surface area (Å²) in [5, 5.41) is 0. The van der Waals surface area contributed by atoms with Crippen LogP contribution >= 0.6 is 0 Å². The highest BCUT2D eigenvalue weighted by molar-refractivity contribution is 5.95. The second-order valence-corrected chi connectivity index (χ2v) is 7.67. The maximum absolute atomic E-state index is 13.4. The molecule has 0 N–H and O–H groups in total. The van der Waals surface area contributed by atoms with Gasteiger partial charge in [0.15, 0.2) is 0 Å². The zero-order valence-corrected chi connectivity index (χ0v) is 16.2. The molecule has 2 amide bonds. The number of hydrogen-bond acceptors (Lipinski definition) is 4. The zero-order valence-electron chi connectivity index (χ0n) is 16.2. The summed E-state index contributed by atoms with van der Waals surface area (Å²) >= 11 is 0. The van der Waals surface area contributed by atoms with E-state index in [1.54, 1.807) is 0 Å². The Morgan fingerprint density at radius 1 is 1.04 bits per heavy atom. The third-order valence-corrected chi connectivity index (χ3v) is 5.90. The molecule has 5 nitrogen and oxygen atoms in total. The van der Waals surface area contributed by atoms with Crippen molar-refractivity contribution < 1.29 is 14.3 Å². The molecule has 0 spiro atoms. The fourth-order valence-electron chi connectivity index (χ4n) is 4.39. The maximum Gasteiger partial charge on any atom is 0.417 e. The van der Waals surface area contributed by atoms with E-state index < -0.39 is 6.09 Å². The number of ether oxygens (including phenoxy) is 1. The molecule has 28 heavy (non-hydrogen) atoms. The van der Waals surface area contributed by atoms with E-state index in [0.717, 1.165) is 25.1 Å². The van der Waals surface area contributed by atoms with Gasteiger partial charge in [0.25, 0.3) is 0 Å². The van der Waals surface area contributed by atoms with Gasteiger partial charge in [-0.2, -0.15) is 0 Å². The highest BCUT2D eigenvalue weighted by Gasteiger charge is 2.46. The first-order valence-electron chi connectivity index (χ1n) is 9.98. The molecule has 5 heteroatoms. The molecule has 2 aromatic carbocycles. The van der Waals surface area contributed by atoms with Crippen molar-refractivity contribution in [1.82, 2.24) is 9.80 Å². The lowest BCUT2D eigenvalue weighted by molar-refractivity contribution is -0.134. The number of carbonyl (C=O) groups is 2. The SMILES string of the molecule is CC[C@@H]1CN(Cc2ccccc2)C[C@H]1C(=O)N1C(=O)OC[C@H]1c1ccccc1. The van der Waals surface area contributed by atoms with Crippen LogP contribution in [0.1, 0.15) is 30.5 Å². The van der Waals surface area contributed by atoms with Gasteiger partial charge in [0.2, 0.25) is 5.91 Å². The molecule has 3 atom stereocenters. The van der Waals surface area contributed by atoms with Gasteiger partial charge < -0.3 is 4.74 Å². The number of nitrogens with zero attached hydrogens (tertiary/aromatic N) is 2. The molecule has 2 aliphatic rings. The van der Waals surface area contributed by atoms with Gasteiger partial charge in [-0.1, -0.05) is 74.0 Å². The van der Waals surface area contributed by atoms with Gasteiger partial charge in [-0.3, -0.25) is 9.69 Å². The van der Waals surface area contributed by atoms with Crippen molar-refractivity contribution in [2.75, 3.05) is 19.7 Å². The molecule has 4 rings (SSSR count). The number of imide groups is 1. The Morgan fingerprint density at radius 2 is 1.71 bits per heavy atom. The van der Waals surface area contributed by atoms with Gasteiger partial charge >= 0.3 is 6.09 Å². The van der Waals surface area contributed by atoms with Crippen molar-refractivity contribution >= 4 is 12.0 Å². The fourth-order valence-corrected chi connectivity index (χ4v) is 4.39. The minimum atomic E-state index is -0.518. The Kier molecular flexibility index (Phi) is 5.44. The lowest BCUT2D eigenvalue weighted by atomic mass is 9.91. The minimum Gasteiger partial charge on any atom is -0.446 e. The number of cyclic esters (lactones) is 1. The summed E-state index contributed by atoms with van der Waals surface area (Å²) in [6, 6.07) is 19.6. The van der Waals surface area contributed by atoms with Crippen LogP contribution in [0.25, 0.3) is 0 Å². The molecule has 0 aromatic heterocycles. The number of carbonyl (C=O) groups excluding carboxylic acids is 2. The summed E-state index contributed by atoms with van der Waals surface area (Å²) in [7, 11) is 0. The van der Waals surface area contributed by atoms with Crippen molar-refractivity contribution in [3.63, 3.8) is 0 Å². The number of amides is 2. The maximum atomic E-state index is 13.4. The van der Waals surface area contributed by atoms with E-state index in [2.05, 4.69) is 24.0 Å². The van der Waals surface area contributed by atoms with Crippen LogP contribution in [-0.4, -0.2) is 41.5 Å². The second kappa shape index (κ2) is 8.15. The second-order valence-electron chi connectivity index (χ2n) is 7.67. The Balaban J connectivity index is 1.51. The van der Waals surface area contributed by atoms with Crippen molar-refractivity contribution in [2.45, 2.75) is 25.9 Å². The fraction of sp³-hybridized carbons (Fsp3) is 0.391. The highest BCUT2D eigenvalue weighted by Crippen LogP contribution is 2.34. The molecule has 0 bridgehead atoms. The monoisotopic (exact) mass is 378 g/mol. The van der Waals surface area contributed by atoms with Crippen LogP contribution in [0.5, 0.6) is 0 Å². The first kappa shape index (κ1) is 18.7. The van der Waals surface area contributed by atoms with Crippen molar-refractivity contribution in [3.8, 4) is 0 Å². The first-order chi connectivity index (χ1) is 13.7. The van der Waals surface area contributed by atoms with E-state index in [4.69, 9.17) is 4.74 Å². The Bertz CT molecular complexity index is 824. The molecule has 2 saturated heterocycles. The van der Waals surface area contributed by atoms with Crippen LogP contribution in [0.15, 0.2) is 60.7 Å². The standard InChI is InChI=1S/C23H26N2O3/c1-2-18-14-24(13-17-9-5-3-6-10-17)15-20(18)22(26)25-21(16-28-23(25)27)19-11-7-4-8-12-19/h3-12,18,20-21H,2,13-16H2,1H3/t18-,20-,21+/m1/s1. The van der Waals surface area contributed by atoms with Crippen LogP contribution in [0.4, 0.5) is 4.79 Å². The van der Waals surface area contributed by atoms with Crippen molar-refractivity contribution in [1.29, 1.82) is 0 Å². The summed E-state index contributed by atoms with van der Waals surface area (Å²) < 4.78 is 5.26. The van der Waals surface area contributed by atoms with E-state index in [1.165, 1.54) is 10.5 Å². The lowest BCUT2D eigenvalue weighted by Crippen LogP contribution is -2.41. The molecule has 0 saturated carbocycles. The van der Waals surface area contributed by atoms with Crippen LogP contribution in [0, 0.1) is 11.8 Å². The average Bonchev–Trinajstić information content (AvgIpc) is 3.32. The Hall–Kier alpha value is -2.66. The van der Waals surface area contributed by atoms with E-state index in [9.17, 15) is 9.59 Å². The van der Waals surface area contributed by atoms with Crippen LogP contribution in [-0.2, 0) is 16.1 Å². The Labute approximate surface area is 165 Å². The number of hydrogen-bond donors (Lipinski definition) is 0. The molecule has 2 fully saturated rings. The van der Waals surface area contributed by atoms with E-state index >= 15 is 0 Å². The third kappa shape index (κ3) is 3.67. The number of likely N-dealkylation sites (tertiary alicyclic amines) is 1. The summed E-state index contributed by atoms with van der Waals surface area (Å²) in [6.45, 7) is 4.73. The first-order valence-corrected chi connectivity index (χ1v) is 9.98. The summed E-state index contributed by atoms with van der Waals surface area (Å²) in [5.74, 6) is -0.0228. The molecular weight excluding hydrogens is 352 g/mol. The van der Waals surface area contributed by atoms with Gasteiger partial charge in [0.1, 0.15) is 12.6 Å². The van der Waals surface area contributed by atoms with Gasteiger partial charge in [-0.25, -0.2) is 9.69 Å². The normalized spacial score (nSPS) is 25.1. The predicted molar refractivity (Wildman–Crippen MR) is 106 cm³/mol. The number of benzene rings is 2. The van der Waals surface area contributed by atoms with E-state index in [0.29, 0.717) is 6.54 Å². The van der Waals surface area contributed by atoms with Crippen LogP contribution < -0.4 is 0 Å². The smallest absolute Gasteiger partial charge is 0.417 e. The highest BCUT2D eigenvalue weighted by atomic mass is 16.6. The Morgan fingerprint density at radius 3 is 2.39 bits per heavy atom. The van der Waals surface area contributed by atoms with E-state index in [-0.39, 0.29) is 30.4 Å². The van der Waals surface area contributed by atoms with Crippen molar-refractivity contribution in [2.24, 2.45) is 11.8 Å². The molecule has 2 aliphatic heterocycles. The number of rotatable bonds is 5. The van der Waals surface area contributed by atoms with Gasteiger partial charge in [0.05, 0.1) is 5.92 Å². The molecule has 146 valence electrons. The third-order valence-electron chi connectivity index (χ3n) is 5.90.